The summed E-state index contributed by atoms with van der Waals surface area (Å²) in [5.74, 6) is -1.69. The van der Waals surface area contributed by atoms with E-state index in [0.29, 0.717) is 0 Å². The fourth-order valence-corrected chi connectivity index (χ4v) is 1.38. The number of hydrogen-bond acceptors (Lipinski definition) is 4. The number of ether oxygens (including phenoxy) is 2. The van der Waals surface area contributed by atoms with Gasteiger partial charge in [0.05, 0.1) is 12.7 Å². The van der Waals surface area contributed by atoms with Crippen molar-refractivity contribution in [2.75, 3.05) is 7.11 Å². The standard InChI is InChI=1S/C10H7FO4/c1-14-10(13)9-8(12)6-4-5(11)2-3-7(6)15-9/h2-4,9H,1H3. The summed E-state index contributed by atoms with van der Waals surface area (Å²) < 4.78 is 22.2. The van der Waals surface area contributed by atoms with Gasteiger partial charge in [-0.3, -0.25) is 4.79 Å². The molecule has 0 bridgehead atoms. The Bertz CT molecular complexity index is 441. The second-order valence-electron chi connectivity index (χ2n) is 3.03. The van der Waals surface area contributed by atoms with Crippen LogP contribution in [0.2, 0.25) is 0 Å². The van der Waals surface area contributed by atoms with Crippen molar-refractivity contribution in [1.29, 1.82) is 0 Å². The minimum Gasteiger partial charge on any atom is -0.470 e. The number of ketones is 1. The molecule has 0 aromatic heterocycles. The molecule has 0 aliphatic carbocycles. The predicted molar refractivity (Wildman–Crippen MR) is 47.2 cm³/mol. The average Bonchev–Trinajstić information content (AvgIpc) is 2.55. The Morgan fingerprint density at radius 1 is 1.53 bits per heavy atom. The van der Waals surface area contributed by atoms with E-state index in [9.17, 15) is 14.0 Å². The van der Waals surface area contributed by atoms with Crippen LogP contribution in [0.3, 0.4) is 0 Å². The number of fused-ring (bicyclic) bond motifs is 1. The molecule has 15 heavy (non-hydrogen) atoms. The smallest absolute Gasteiger partial charge is 0.355 e. The summed E-state index contributed by atoms with van der Waals surface area (Å²) in [6, 6.07) is 3.51. The van der Waals surface area contributed by atoms with Gasteiger partial charge in [-0.1, -0.05) is 0 Å². The molecule has 4 nitrogen and oxygen atoms in total. The van der Waals surface area contributed by atoms with Crippen molar-refractivity contribution >= 4 is 11.8 Å². The second kappa shape index (κ2) is 3.34. The van der Waals surface area contributed by atoms with Crippen LogP contribution < -0.4 is 4.74 Å². The van der Waals surface area contributed by atoms with Crippen LogP contribution in [-0.2, 0) is 9.53 Å². The van der Waals surface area contributed by atoms with Gasteiger partial charge in [0.15, 0.2) is 0 Å². The fraction of sp³-hybridized carbons (Fsp3) is 0.200. The van der Waals surface area contributed by atoms with Gasteiger partial charge in [-0.05, 0) is 18.2 Å². The van der Waals surface area contributed by atoms with E-state index < -0.39 is 23.7 Å². The van der Waals surface area contributed by atoms with Crippen molar-refractivity contribution < 1.29 is 23.5 Å². The van der Waals surface area contributed by atoms with Gasteiger partial charge in [-0.15, -0.1) is 0 Å². The molecular formula is C10H7FO4. The Labute approximate surface area is 84.6 Å². The van der Waals surface area contributed by atoms with Gasteiger partial charge >= 0.3 is 5.97 Å². The van der Waals surface area contributed by atoms with Crippen molar-refractivity contribution in [3.05, 3.63) is 29.6 Å². The maximum atomic E-state index is 12.8. The van der Waals surface area contributed by atoms with Crippen molar-refractivity contribution in [2.45, 2.75) is 6.10 Å². The summed E-state index contributed by atoms with van der Waals surface area (Å²) in [4.78, 5) is 22.7. The van der Waals surface area contributed by atoms with Crippen molar-refractivity contribution in [2.24, 2.45) is 0 Å². The number of methoxy groups -OCH3 is 1. The van der Waals surface area contributed by atoms with E-state index in [1.807, 2.05) is 0 Å². The van der Waals surface area contributed by atoms with Crippen LogP contribution in [0.1, 0.15) is 10.4 Å². The van der Waals surface area contributed by atoms with Gasteiger partial charge in [0.25, 0.3) is 6.10 Å². The van der Waals surface area contributed by atoms with Crippen LogP contribution in [0, 0.1) is 5.82 Å². The Balaban J connectivity index is 2.38. The van der Waals surface area contributed by atoms with E-state index in [2.05, 4.69) is 4.74 Å². The largest absolute Gasteiger partial charge is 0.470 e. The Hall–Kier alpha value is -1.91. The number of benzene rings is 1. The molecule has 1 aliphatic heterocycles. The molecule has 1 aromatic carbocycles. The lowest BCUT2D eigenvalue weighted by Gasteiger charge is -2.05. The maximum Gasteiger partial charge on any atom is 0.355 e. The van der Waals surface area contributed by atoms with Gasteiger partial charge < -0.3 is 9.47 Å². The molecule has 0 N–H and O–H groups in total. The fourth-order valence-electron chi connectivity index (χ4n) is 1.38. The van der Waals surface area contributed by atoms with Crippen molar-refractivity contribution in [3.63, 3.8) is 0 Å². The number of hydrogen-bond donors (Lipinski definition) is 0. The normalized spacial score (nSPS) is 18.3. The van der Waals surface area contributed by atoms with Gasteiger partial charge in [0.2, 0.25) is 5.78 Å². The monoisotopic (exact) mass is 210 g/mol. The number of carbonyl (C=O) groups excluding carboxylic acids is 2. The molecule has 78 valence electrons. The molecular weight excluding hydrogens is 203 g/mol. The van der Waals surface area contributed by atoms with E-state index in [4.69, 9.17) is 4.74 Å². The summed E-state index contributed by atoms with van der Waals surface area (Å²) in [5.41, 5.74) is 0.0744. The molecule has 0 radical (unpaired) electrons. The molecule has 0 amide bonds. The first-order chi connectivity index (χ1) is 7.13. The third kappa shape index (κ3) is 1.45. The first-order valence-electron chi connectivity index (χ1n) is 4.21. The Morgan fingerprint density at radius 3 is 2.93 bits per heavy atom. The average molecular weight is 210 g/mol. The molecule has 5 heteroatoms. The molecule has 1 heterocycles. The number of rotatable bonds is 1. The van der Waals surface area contributed by atoms with Gasteiger partial charge in [0, 0.05) is 0 Å². The SMILES string of the molecule is COC(=O)C1Oc2ccc(F)cc2C1=O. The number of halogens is 1. The van der Waals surface area contributed by atoms with E-state index in [0.717, 1.165) is 19.2 Å². The summed E-state index contributed by atoms with van der Waals surface area (Å²) in [6.45, 7) is 0. The zero-order valence-corrected chi connectivity index (χ0v) is 7.82. The molecule has 2 rings (SSSR count). The van der Waals surface area contributed by atoms with Crippen LogP contribution in [0.5, 0.6) is 5.75 Å². The minimum absolute atomic E-state index is 0.0744. The highest BCUT2D eigenvalue weighted by atomic mass is 19.1. The zero-order chi connectivity index (χ0) is 11.0. The summed E-state index contributed by atoms with van der Waals surface area (Å²) in [5, 5.41) is 0. The van der Waals surface area contributed by atoms with Gasteiger partial charge in [-0.2, -0.15) is 0 Å². The Morgan fingerprint density at radius 2 is 2.27 bits per heavy atom. The highest BCUT2D eigenvalue weighted by molar-refractivity contribution is 6.15. The van der Waals surface area contributed by atoms with Crippen LogP contribution in [-0.4, -0.2) is 25.0 Å². The van der Waals surface area contributed by atoms with Crippen LogP contribution in [0.4, 0.5) is 4.39 Å². The third-order valence-corrected chi connectivity index (χ3v) is 2.11. The molecule has 0 fully saturated rings. The van der Waals surface area contributed by atoms with Gasteiger partial charge in [-0.25, -0.2) is 9.18 Å². The lowest BCUT2D eigenvalue weighted by atomic mass is 10.1. The molecule has 1 aromatic rings. The maximum absolute atomic E-state index is 12.8. The zero-order valence-electron chi connectivity index (χ0n) is 7.82. The Kier molecular flexibility index (Phi) is 2.15. The topological polar surface area (TPSA) is 52.6 Å². The molecule has 1 atom stereocenters. The van der Waals surface area contributed by atoms with E-state index in [1.54, 1.807) is 0 Å². The second-order valence-corrected chi connectivity index (χ2v) is 3.03. The summed E-state index contributed by atoms with van der Waals surface area (Å²) >= 11 is 0. The number of carbonyl (C=O) groups is 2. The first-order valence-corrected chi connectivity index (χ1v) is 4.21. The molecule has 1 aliphatic rings. The molecule has 1 unspecified atom stereocenters. The lowest BCUT2D eigenvalue weighted by molar-refractivity contribution is -0.145. The quantitative estimate of drug-likeness (QED) is 0.511. The highest BCUT2D eigenvalue weighted by Gasteiger charge is 2.38. The van der Waals surface area contributed by atoms with Crippen LogP contribution in [0.25, 0.3) is 0 Å². The van der Waals surface area contributed by atoms with E-state index >= 15 is 0 Å². The number of Topliss-reactive ketones (excluding diaryl/α,β-unsaturated/α-hetero) is 1. The predicted octanol–water partition coefficient (Wildman–Crippen LogP) is 0.942. The highest BCUT2D eigenvalue weighted by Crippen LogP contribution is 2.29. The molecule has 0 saturated carbocycles. The summed E-state index contributed by atoms with van der Waals surface area (Å²) in [6.07, 6.45) is -1.30. The molecule has 0 saturated heterocycles. The van der Waals surface area contributed by atoms with Crippen molar-refractivity contribution in [1.82, 2.24) is 0 Å². The summed E-state index contributed by atoms with van der Waals surface area (Å²) in [7, 11) is 1.16. The number of esters is 1. The lowest BCUT2D eigenvalue weighted by Crippen LogP contribution is -2.31. The van der Waals surface area contributed by atoms with Crippen molar-refractivity contribution in [3.8, 4) is 5.75 Å². The van der Waals surface area contributed by atoms with E-state index in [1.165, 1.54) is 6.07 Å². The third-order valence-electron chi connectivity index (χ3n) is 2.11. The van der Waals surface area contributed by atoms with Crippen LogP contribution >= 0.6 is 0 Å². The molecule has 0 spiro atoms. The van der Waals surface area contributed by atoms with Gasteiger partial charge in [0.1, 0.15) is 11.6 Å². The van der Waals surface area contributed by atoms with E-state index in [-0.39, 0.29) is 11.3 Å². The minimum atomic E-state index is -1.30. The van der Waals surface area contributed by atoms with Crippen LogP contribution in [0.15, 0.2) is 18.2 Å². The first kappa shape index (κ1) is 9.64.